The standard InChI is InChI=1S/C5H11NO2.ClH/c6-5-4(7)2-1-3-8-5;/h4-5,7H,1-3,6H2;1H/t4-,5-;/m1./s1. The molecule has 1 saturated heterocycles. The Morgan fingerprint density at radius 1 is 1.56 bits per heavy atom. The van der Waals surface area contributed by atoms with Crippen LogP contribution in [-0.2, 0) is 4.74 Å². The van der Waals surface area contributed by atoms with Gasteiger partial charge < -0.3 is 15.6 Å². The van der Waals surface area contributed by atoms with Gasteiger partial charge in [-0.3, -0.25) is 0 Å². The third-order valence-electron chi connectivity index (χ3n) is 1.33. The Hall–Kier alpha value is 0.170. The molecule has 1 fully saturated rings. The van der Waals surface area contributed by atoms with E-state index >= 15 is 0 Å². The number of nitrogens with two attached hydrogens (primary N) is 1. The summed E-state index contributed by atoms with van der Waals surface area (Å²) in [6, 6.07) is 0. The topological polar surface area (TPSA) is 55.5 Å². The van der Waals surface area contributed by atoms with Gasteiger partial charge in [0.05, 0.1) is 6.10 Å². The zero-order valence-corrected chi connectivity index (χ0v) is 5.93. The quantitative estimate of drug-likeness (QED) is 0.510. The van der Waals surface area contributed by atoms with Gasteiger partial charge in [-0.2, -0.15) is 0 Å². The van der Waals surface area contributed by atoms with E-state index in [0.717, 1.165) is 12.8 Å². The Morgan fingerprint density at radius 2 is 2.22 bits per heavy atom. The SMILES string of the molecule is Cl.N[C@@H]1OCCC[C@H]1O. The predicted molar refractivity (Wildman–Crippen MR) is 36.4 cm³/mol. The summed E-state index contributed by atoms with van der Waals surface area (Å²) < 4.78 is 4.92. The second-order valence-electron chi connectivity index (χ2n) is 2.04. The Labute approximate surface area is 60.6 Å². The van der Waals surface area contributed by atoms with Crippen LogP contribution < -0.4 is 5.73 Å². The van der Waals surface area contributed by atoms with Gasteiger partial charge in [0, 0.05) is 6.61 Å². The average molecular weight is 154 g/mol. The summed E-state index contributed by atoms with van der Waals surface area (Å²) in [5.74, 6) is 0. The molecule has 9 heavy (non-hydrogen) atoms. The molecule has 0 radical (unpaired) electrons. The number of rotatable bonds is 0. The fourth-order valence-corrected chi connectivity index (χ4v) is 0.787. The molecule has 56 valence electrons. The molecular weight excluding hydrogens is 142 g/mol. The minimum atomic E-state index is -0.441. The van der Waals surface area contributed by atoms with Crippen molar-refractivity contribution in [3.63, 3.8) is 0 Å². The van der Waals surface area contributed by atoms with E-state index in [2.05, 4.69) is 0 Å². The molecule has 0 aliphatic carbocycles. The minimum Gasteiger partial charge on any atom is -0.389 e. The van der Waals surface area contributed by atoms with Crippen molar-refractivity contribution in [1.82, 2.24) is 0 Å². The number of aliphatic hydroxyl groups is 1. The summed E-state index contributed by atoms with van der Waals surface area (Å²) in [7, 11) is 0. The van der Waals surface area contributed by atoms with Crippen molar-refractivity contribution in [3.05, 3.63) is 0 Å². The molecule has 0 aromatic carbocycles. The Morgan fingerprint density at radius 3 is 2.56 bits per heavy atom. The third-order valence-corrected chi connectivity index (χ3v) is 1.33. The summed E-state index contributed by atoms with van der Waals surface area (Å²) in [4.78, 5) is 0. The van der Waals surface area contributed by atoms with Gasteiger partial charge in [-0.15, -0.1) is 12.4 Å². The Balaban J connectivity index is 0.000000640. The first-order valence-corrected chi connectivity index (χ1v) is 2.86. The fraction of sp³-hybridized carbons (Fsp3) is 1.00. The lowest BCUT2D eigenvalue weighted by Gasteiger charge is -2.23. The van der Waals surface area contributed by atoms with Crippen LogP contribution in [0.2, 0.25) is 0 Å². The van der Waals surface area contributed by atoms with E-state index in [1.54, 1.807) is 0 Å². The van der Waals surface area contributed by atoms with Gasteiger partial charge in [0.15, 0.2) is 0 Å². The van der Waals surface area contributed by atoms with Crippen molar-refractivity contribution >= 4 is 12.4 Å². The fourth-order valence-electron chi connectivity index (χ4n) is 0.787. The van der Waals surface area contributed by atoms with Crippen LogP contribution >= 0.6 is 12.4 Å². The maximum Gasteiger partial charge on any atom is 0.131 e. The summed E-state index contributed by atoms with van der Waals surface area (Å²) in [6.45, 7) is 0.693. The van der Waals surface area contributed by atoms with Gasteiger partial charge in [-0.1, -0.05) is 0 Å². The molecule has 4 heteroatoms. The van der Waals surface area contributed by atoms with Gasteiger partial charge in [0.25, 0.3) is 0 Å². The molecule has 1 aliphatic rings. The van der Waals surface area contributed by atoms with E-state index in [9.17, 15) is 0 Å². The highest BCUT2D eigenvalue weighted by Crippen LogP contribution is 2.08. The van der Waals surface area contributed by atoms with Crippen LogP contribution in [-0.4, -0.2) is 24.0 Å². The molecule has 0 amide bonds. The molecule has 1 aliphatic heterocycles. The van der Waals surface area contributed by atoms with Crippen LogP contribution in [0.3, 0.4) is 0 Å². The second-order valence-corrected chi connectivity index (χ2v) is 2.04. The first-order chi connectivity index (χ1) is 3.80. The van der Waals surface area contributed by atoms with Crippen molar-refractivity contribution in [3.8, 4) is 0 Å². The first kappa shape index (κ1) is 9.17. The highest BCUT2D eigenvalue weighted by Gasteiger charge is 2.18. The van der Waals surface area contributed by atoms with Crippen LogP contribution in [0.4, 0.5) is 0 Å². The maximum absolute atomic E-state index is 8.93. The van der Waals surface area contributed by atoms with E-state index in [1.807, 2.05) is 0 Å². The van der Waals surface area contributed by atoms with Gasteiger partial charge in [0.1, 0.15) is 6.23 Å². The molecule has 1 rings (SSSR count). The average Bonchev–Trinajstić information content (AvgIpc) is 1.77. The molecular formula is C5H12ClNO2. The zero-order chi connectivity index (χ0) is 5.98. The number of halogens is 1. The van der Waals surface area contributed by atoms with Gasteiger partial charge in [-0.25, -0.2) is 0 Å². The number of hydrogen-bond donors (Lipinski definition) is 2. The van der Waals surface area contributed by atoms with Crippen LogP contribution in [0.1, 0.15) is 12.8 Å². The number of aliphatic hydroxyl groups excluding tert-OH is 1. The van der Waals surface area contributed by atoms with E-state index in [1.165, 1.54) is 0 Å². The van der Waals surface area contributed by atoms with E-state index < -0.39 is 12.3 Å². The van der Waals surface area contributed by atoms with Crippen LogP contribution in [0.5, 0.6) is 0 Å². The second kappa shape index (κ2) is 4.06. The summed E-state index contributed by atoms with van der Waals surface area (Å²) >= 11 is 0. The van der Waals surface area contributed by atoms with E-state index in [-0.39, 0.29) is 12.4 Å². The summed E-state index contributed by atoms with van der Waals surface area (Å²) in [6.07, 6.45) is 0.822. The molecule has 0 aromatic rings. The van der Waals surface area contributed by atoms with Gasteiger partial charge >= 0.3 is 0 Å². The predicted octanol–water partition coefficient (Wildman–Crippen LogP) is -0.136. The van der Waals surface area contributed by atoms with Gasteiger partial charge in [-0.05, 0) is 12.8 Å². The number of ether oxygens (including phenoxy) is 1. The first-order valence-electron chi connectivity index (χ1n) is 2.86. The molecule has 2 atom stereocenters. The lowest BCUT2D eigenvalue weighted by Crippen LogP contribution is -2.40. The zero-order valence-electron chi connectivity index (χ0n) is 5.12. The Bertz CT molecular complexity index is 71.4. The van der Waals surface area contributed by atoms with E-state index in [0.29, 0.717) is 6.61 Å². The van der Waals surface area contributed by atoms with Crippen LogP contribution in [0.15, 0.2) is 0 Å². The van der Waals surface area contributed by atoms with Crippen molar-refractivity contribution in [1.29, 1.82) is 0 Å². The van der Waals surface area contributed by atoms with Gasteiger partial charge in [0.2, 0.25) is 0 Å². The molecule has 3 N–H and O–H groups in total. The van der Waals surface area contributed by atoms with E-state index in [4.69, 9.17) is 15.6 Å². The molecule has 0 unspecified atom stereocenters. The molecule has 0 saturated carbocycles. The smallest absolute Gasteiger partial charge is 0.131 e. The lowest BCUT2D eigenvalue weighted by molar-refractivity contribution is -0.0698. The maximum atomic E-state index is 8.93. The van der Waals surface area contributed by atoms with Crippen LogP contribution in [0, 0.1) is 0 Å². The molecule has 1 heterocycles. The lowest BCUT2D eigenvalue weighted by atomic mass is 10.1. The number of hydrogen-bond acceptors (Lipinski definition) is 3. The summed E-state index contributed by atoms with van der Waals surface area (Å²) in [5, 5.41) is 8.93. The third kappa shape index (κ3) is 2.49. The summed E-state index contributed by atoms with van der Waals surface area (Å²) in [5.41, 5.74) is 5.31. The van der Waals surface area contributed by atoms with Crippen molar-refractivity contribution in [2.45, 2.75) is 25.2 Å². The monoisotopic (exact) mass is 153 g/mol. The largest absolute Gasteiger partial charge is 0.389 e. The van der Waals surface area contributed by atoms with Crippen molar-refractivity contribution in [2.75, 3.05) is 6.61 Å². The normalized spacial score (nSPS) is 35.3. The molecule has 0 spiro atoms. The van der Waals surface area contributed by atoms with Crippen molar-refractivity contribution in [2.24, 2.45) is 5.73 Å². The minimum absolute atomic E-state index is 0. The molecule has 0 bridgehead atoms. The van der Waals surface area contributed by atoms with Crippen molar-refractivity contribution < 1.29 is 9.84 Å². The highest BCUT2D eigenvalue weighted by molar-refractivity contribution is 5.85. The molecule has 3 nitrogen and oxygen atoms in total. The van der Waals surface area contributed by atoms with Crippen LogP contribution in [0.25, 0.3) is 0 Å². The highest BCUT2D eigenvalue weighted by atomic mass is 35.5. The Kier molecular flexibility index (Phi) is 4.14. The molecule has 0 aromatic heterocycles.